The minimum atomic E-state index is -0.984. The fourth-order valence-electron chi connectivity index (χ4n) is 1.92. The van der Waals surface area contributed by atoms with E-state index in [1.807, 2.05) is 18.4 Å². The summed E-state index contributed by atoms with van der Waals surface area (Å²) in [6, 6.07) is 11.8. The Labute approximate surface area is 154 Å². The van der Waals surface area contributed by atoms with Gasteiger partial charge in [0.1, 0.15) is 0 Å². The first-order chi connectivity index (χ1) is 11.4. The molecule has 2 aromatic carbocycles. The van der Waals surface area contributed by atoms with Crippen LogP contribution in [-0.2, 0) is 9.53 Å². The zero-order valence-corrected chi connectivity index (χ0v) is 15.3. The molecule has 1 amide bonds. The molecule has 1 atom stereocenters. The number of hydrogen-bond donors (Lipinski definition) is 1. The highest BCUT2D eigenvalue weighted by molar-refractivity contribution is 7.98. The largest absolute Gasteiger partial charge is 0.449 e. The number of carbonyl (C=O) groups excluding carboxylic acids is 2. The SMILES string of the molecule is CSc1ccccc1C(=O)O[C@@H](C)C(=O)Nc1cc(Cl)ccc1Cl. The highest BCUT2D eigenvalue weighted by Crippen LogP contribution is 2.26. The van der Waals surface area contributed by atoms with Crippen LogP contribution in [0.4, 0.5) is 5.69 Å². The van der Waals surface area contributed by atoms with Gasteiger partial charge in [0.15, 0.2) is 6.10 Å². The van der Waals surface area contributed by atoms with Crippen molar-refractivity contribution in [2.75, 3.05) is 11.6 Å². The Hall–Kier alpha value is -1.69. The average Bonchev–Trinajstić information content (AvgIpc) is 2.57. The van der Waals surface area contributed by atoms with Gasteiger partial charge in [-0.25, -0.2) is 4.79 Å². The fraction of sp³-hybridized carbons (Fsp3) is 0.176. The summed E-state index contributed by atoms with van der Waals surface area (Å²) >= 11 is 13.3. The maximum atomic E-state index is 12.3. The smallest absolute Gasteiger partial charge is 0.340 e. The Balaban J connectivity index is 2.06. The Bertz CT molecular complexity index is 767. The van der Waals surface area contributed by atoms with Gasteiger partial charge in [-0.15, -0.1) is 11.8 Å². The number of nitrogens with one attached hydrogen (secondary N) is 1. The molecule has 1 N–H and O–H groups in total. The van der Waals surface area contributed by atoms with E-state index in [2.05, 4.69) is 5.32 Å². The summed E-state index contributed by atoms with van der Waals surface area (Å²) < 4.78 is 5.24. The van der Waals surface area contributed by atoms with Crippen molar-refractivity contribution in [3.63, 3.8) is 0 Å². The molecule has 0 bridgehead atoms. The normalized spacial score (nSPS) is 11.7. The lowest BCUT2D eigenvalue weighted by Gasteiger charge is -2.15. The van der Waals surface area contributed by atoms with Crippen LogP contribution < -0.4 is 5.32 Å². The monoisotopic (exact) mass is 383 g/mol. The summed E-state index contributed by atoms with van der Waals surface area (Å²) in [5.74, 6) is -1.05. The molecule has 0 radical (unpaired) electrons. The number of thioether (sulfide) groups is 1. The molecule has 0 aliphatic heterocycles. The van der Waals surface area contributed by atoms with Gasteiger partial charge in [-0.05, 0) is 43.5 Å². The van der Waals surface area contributed by atoms with Gasteiger partial charge in [0.2, 0.25) is 0 Å². The van der Waals surface area contributed by atoms with Crippen LogP contribution >= 0.6 is 35.0 Å². The molecule has 0 saturated carbocycles. The van der Waals surface area contributed by atoms with Crippen LogP contribution in [-0.4, -0.2) is 24.2 Å². The Morgan fingerprint density at radius 1 is 1.17 bits per heavy atom. The lowest BCUT2D eigenvalue weighted by atomic mass is 10.2. The van der Waals surface area contributed by atoms with E-state index in [-0.39, 0.29) is 0 Å². The predicted molar refractivity (Wildman–Crippen MR) is 98.2 cm³/mol. The Morgan fingerprint density at radius 3 is 2.58 bits per heavy atom. The van der Waals surface area contributed by atoms with Crippen molar-refractivity contribution in [3.8, 4) is 0 Å². The molecule has 0 aliphatic rings. The van der Waals surface area contributed by atoms with E-state index in [1.54, 1.807) is 24.3 Å². The molecule has 0 heterocycles. The van der Waals surface area contributed by atoms with Crippen molar-refractivity contribution >= 4 is 52.5 Å². The molecule has 126 valence electrons. The molecule has 2 aromatic rings. The standard InChI is InChI=1S/C17H15Cl2NO3S/c1-10(16(21)20-14-9-11(18)7-8-13(14)19)23-17(22)12-5-3-4-6-15(12)24-2/h3-10H,1-2H3,(H,20,21)/t10-/m0/s1. The fourth-order valence-corrected chi connectivity index (χ4v) is 2.84. The van der Waals surface area contributed by atoms with Crippen molar-refractivity contribution in [2.24, 2.45) is 0 Å². The zero-order chi connectivity index (χ0) is 17.7. The third-order valence-electron chi connectivity index (χ3n) is 3.17. The van der Waals surface area contributed by atoms with E-state index in [0.29, 0.717) is 21.3 Å². The molecule has 0 spiro atoms. The first kappa shape index (κ1) is 18.6. The van der Waals surface area contributed by atoms with E-state index < -0.39 is 18.0 Å². The number of halogens is 2. The number of ether oxygens (including phenoxy) is 1. The van der Waals surface area contributed by atoms with E-state index in [0.717, 1.165) is 4.90 Å². The maximum absolute atomic E-state index is 12.3. The topological polar surface area (TPSA) is 55.4 Å². The molecule has 2 rings (SSSR count). The zero-order valence-electron chi connectivity index (χ0n) is 13.0. The number of anilines is 1. The molecular weight excluding hydrogens is 369 g/mol. The lowest BCUT2D eigenvalue weighted by Crippen LogP contribution is -2.30. The second-order valence-corrected chi connectivity index (χ2v) is 6.55. The first-order valence-electron chi connectivity index (χ1n) is 7.02. The number of carbonyl (C=O) groups is 2. The van der Waals surface area contributed by atoms with Crippen LogP contribution in [0.15, 0.2) is 47.4 Å². The minimum absolute atomic E-state index is 0.346. The van der Waals surface area contributed by atoms with Crippen molar-refractivity contribution < 1.29 is 14.3 Å². The summed E-state index contributed by atoms with van der Waals surface area (Å²) in [4.78, 5) is 25.2. The van der Waals surface area contributed by atoms with Crippen LogP contribution in [0.3, 0.4) is 0 Å². The van der Waals surface area contributed by atoms with Crippen LogP contribution in [0, 0.1) is 0 Å². The predicted octanol–water partition coefficient (Wildman–Crippen LogP) is 4.90. The van der Waals surface area contributed by atoms with Crippen LogP contribution in [0.25, 0.3) is 0 Å². The third-order valence-corrected chi connectivity index (χ3v) is 4.53. The van der Waals surface area contributed by atoms with Gasteiger partial charge in [0.05, 0.1) is 16.3 Å². The molecule has 24 heavy (non-hydrogen) atoms. The van der Waals surface area contributed by atoms with Gasteiger partial charge < -0.3 is 10.1 Å². The van der Waals surface area contributed by atoms with Crippen molar-refractivity contribution in [1.82, 2.24) is 0 Å². The van der Waals surface area contributed by atoms with Crippen molar-refractivity contribution in [1.29, 1.82) is 0 Å². The number of amides is 1. The Kier molecular flexibility index (Phi) is 6.54. The molecule has 0 unspecified atom stereocenters. The summed E-state index contributed by atoms with van der Waals surface area (Å²) in [6.07, 6.45) is 0.881. The lowest BCUT2D eigenvalue weighted by molar-refractivity contribution is -0.123. The molecule has 0 fully saturated rings. The van der Waals surface area contributed by atoms with E-state index in [9.17, 15) is 9.59 Å². The van der Waals surface area contributed by atoms with Gasteiger partial charge in [0.25, 0.3) is 5.91 Å². The second kappa shape index (κ2) is 8.42. The number of hydrogen-bond acceptors (Lipinski definition) is 4. The quantitative estimate of drug-likeness (QED) is 0.589. The van der Waals surface area contributed by atoms with Gasteiger partial charge in [0, 0.05) is 9.92 Å². The van der Waals surface area contributed by atoms with Crippen LogP contribution in [0.2, 0.25) is 10.0 Å². The summed E-state index contributed by atoms with van der Waals surface area (Å²) in [5, 5.41) is 3.38. The molecule has 7 heteroatoms. The molecule has 0 aromatic heterocycles. The second-order valence-electron chi connectivity index (χ2n) is 4.86. The van der Waals surface area contributed by atoms with E-state index in [4.69, 9.17) is 27.9 Å². The third kappa shape index (κ3) is 4.66. The van der Waals surface area contributed by atoms with Gasteiger partial charge in [-0.2, -0.15) is 0 Å². The molecule has 0 saturated heterocycles. The maximum Gasteiger partial charge on any atom is 0.340 e. The number of esters is 1. The average molecular weight is 384 g/mol. The Morgan fingerprint density at radius 2 is 1.88 bits per heavy atom. The molecule has 0 aliphatic carbocycles. The summed E-state index contributed by atoms with van der Waals surface area (Å²) in [7, 11) is 0. The molecular formula is C17H15Cl2NO3S. The van der Waals surface area contributed by atoms with Crippen LogP contribution in [0.1, 0.15) is 17.3 Å². The number of benzene rings is 2. The minimum Gasteiger partial charge on any atom is -0.449 e. The first-order valence-corrected chi connectivity index (χ1v) is 9.00. The van der Waals surface area contributed by atoms with Gasteiger partial charge >= 0.3 is 5.97 Å². The van der Waals surface area contributed by atoms with Gasteiger partial charge in [-0.3, -0.25) is 4.79 Å². The number of rotatable bonds is 5. The van der Waals surface area contributed by atoms with Gasteiger partial charge in [-0.1, -0.05) is 35.3 Å². The van der Waals surface area contributed by atoms with E-state index in [1.165, 1.54) is 24.8 Å². The highest BCUT2D eigenvalue weighted by atomic mass is 35.5. The summed E-state index contributed by atoms with van der Waals surface area (Å²) in [5.41, 5.74) is 0.784. The van der Waals surface area contributed by atoms with Crippen molar-refractivity contribution in [2.45, 2.75) is 17.9 Å². The highest BCUT2D eigenvalue weighted by Gasteiger charge is 2.21. The van der Waals surface area contributed by atoms with E-state index >= 15 is 0 Å². The molecule has 4 nitrogen and oxygen atoms in total. The van der Waals surface area contributed by atoms with Crippen molar-refractivity contribution in [3.05, 3.63) is 58.1 Å². The van der Waals surface area contributed by atoms with Crippen LogP contribution in [0.5, 0.6) is 0 Å². The summed E-state index contributed by atoms with van der Waals surface area (Å²) in [6.45, 7) is 1.49.